The molecule has 0 aliphatic carbocycles. The predicted molar refractivity (Wildman–Crippen MR) is 93.9 cm³/mol. The third kappa shape index (κ3) is 4.98. The second kappa shape index (κ2) is 8.18. The summed E-state index contributed by atoms with van der Waals surface area (Å²) < 4.78 is 0. The van der Waals surface area contributed by atoms with Crippen LogP contribution in [0.5, 0.6) is 0 Å². The number of aliphatic carboxylic acids is 1. The van der Waals surface area contributed by atoms with Gasteiger partial charge in [-0.1, -0.05) is 38.1 Å². The molecule has 1 atom stereocenters. The Bertz CT molecular complexity index is 560. The van der Waals surface area contributed by atoms with E-state index in [0.29, 0.717) is 31.8 Å². The molecule has 5 heteroatoms. The normalized spacial score (nSPS) is 16.9. The third-order valence-corrected chi connectivity index (χ3v) is 4.60. The lowest BCUT2D eigenvalue weighted by Gasteiger charge is -2.31. The van der Waals surface area contributed by atoms with Gasteiger partial charge in [0.2, 0.25) is 0 Å². The van der Waals surface area contributed by atoms with Crippen LogP contribution in [0.1, 0.15) is 50.8 Å². The Morgan fingerprint density at radius 3 is 2.25 bits per heavy atom. The zero-order valence-electron chi connectivity index (χ0n) is 14.8. The average molecular weight is 332 g/mol. The van der Waals surface area contributed by atoms with Gasteiger partial charge in [-0.25, -0.2) is 4.79 Å². The molecule has 24 heavy (non-hydrogen) atoms. The molecule has 1 aromatic rings. The second-order valence-corrected chi connectivity index (χ2v) is 7.11. The highest BCUT2D eigenvalue weighted by Gasteiger charge is 2.27. The quantitative estimate of drug-likeness (QED) is 0.867. The van der Waals surface area contributed by atoms with Crippen LogP contribution in [0.4, 0.5) is 4.79 Å². The van der Waals surface area contributed by atoms with Crippen molar-refractivity contribution in [3.05, 3.63) is 35.4 Å². The van der Waals surface area contributed by atoms with Crippen molar-refractivity contribution < 1.29 is 14.7 Å². The Morgan fingerprint density at radius 2 is 1.75 bits per heavy atom. The minimum absolute atomic E-state index is 0.0669. The van der Waals surface area contributed by atoms with Gasteiger partial charge in [-0.15, -0.1) is 0 Å². The van der Waals surface area contributed by atoms with Crippen molar-refractivity contribution in [3.8, 4) is 0 Å². The summed E-state index contributed by atoms with van der Waals surface area (Å²) in [5, 5.41) is 12.0. The SMILES string of the molecule is CC(C)Cc1ccc(C(C)NC(=O)N2CCC(C(=O)O)CC2)cc1. The molecule has 2 rings (SSSR count). The van der Waals surface area contributed by atoms with Gasteiger partial charge in [-0.2, -0.15) is 0 Å². The second-order valence-electron chi connectivity index (χ2n) is 7.11. The van der Waals surface area contributed by atoms with Crippen molar-refractivity contribution in [3.63, 3.8) is 0 Å². The molecule has 0 spiro atoms. The number of carbonyl (C=O) groups excluding carboxylic acids is 1. The number of carboxylic acids is 1. The van der Waals surface area contributed by atoms with Gasteiger partial charge < -0.3 is 15.3 Å². The number of hydrogen-bond donors (Lipinski definition) is 2. The van der Waals surface area contributed by atoms with E-state index >= 15 is 0 Å². The molecule has 0 bridgehead atoms. The topological polar surface area (TPSA) is 69.6 Å². The average Bonchev–Trinajstić information content (AvgIpc) is 2.55. The number of nitrogens with zero attached hydrogens (tertiary/aromatic N) is 1. The number of rotatable bonds is 5. The highest BCUT2D eigenvalue weighted by molar-refractivity contribution is 5.75. The molecule has 1 fully saturated rings. The van der Waals surface area contributed by atoms with Crippen molar-refractivity contribution >= 4 is 12.0 Å². The molecule has 0 aromatic heterocycles. The van der Waals surface area contributed by atoms with Gasteiger partial charge in [0.25, 0.3) is 0 Å². The van der Waals surface area contributed by atoms with Crippen molar-refractivity contribution in [2.24, 2.45) is 11.8 Å². The van der Waals surface area contributed by atoms with Gasteiger partial charge in [0.15, 0.2) is 0 Å². The Hall–Kier alpha value is -2.04. The summed E-state index contributed by atoms with van der Waals surface area (Å²) in [7, 11) is 0. The monoisotopic (exact) mass is 332 g/mol. The standard InChI is InChI=1S/C19H28N2O3/c1-13(2)12-15-4-6-16(7-5-15)14(3)20-19(24)21-10-8-17(9-11-21)18(22)23/h4-7,13-14,17H,8-12H2,1-3H3,(H,20,24)(H,22,23). The fourth-order valence-corrected chi connectivity index (χ4v) is 3.10. The smallest absolute Gasteiger partial charge is 0.317 e. The molecule has 1 heterocycles. The summed E-state index contributed by atoms with van der Waals surface area (Å²) in [4.78, 5) is 25.0. The third-order valence-electron chi connectivity index (χ3n) is 4.60. The first-order valence-electron chi connectivity index (χ1n) is 8.74. The minimum Gasteiger partial charge on any atom is -0.481 e. The lowest BCUT2D eigenvalue weighted by molar-refractivity contribution is -0.143. The first kappa shape index (κ1) is 18.3. The molecule has 0 radical (unpaired) electrons. The van der Waals surface area contributed by atoms with E-state index in [4.69, 9.17) is 5.11 Å². The summed E-state index contributed by atoms with van der Waals surface area (Å²) in [6, 6.07) is 8.20. The van der Waals surface area contributed by atoms with Crippen LogP contribution in [-0.2, 0) is 11.2 Å². The van der Waals surface area contributed by atoms with E-state index < -0.39 is 5.97 Å². The maximum atomic E-state index is 12.3. The molecular formula is C19H28N2O3. The number of amides is 2. The molecule has 132 valence electrons. The van der Waals surface area contributed by atoms with Gasteiger partial charge in [-0.05, 0) is 43.2 Å². The predicted octanol–water partition coefficient (Wildman–Crippen LogP) is 3.45. The van der Waals surface area contributed by atoms with Crippen LogP contribution in [0, 0.1) is 11.8 Å². The Morgan fingerprint density at radius 1 is 1.17 bits per heavy atom. The highest BCUT2D eigenvalue weighted by atomic mass is 16.4. The molecule has 2 N–H and O–H groups in total. The van der Waals surface area contributed by atoms with Crippen LogP contribution in [0.15, 0.2) is 24.3 Å². The van der Waals surface area contributed by atoms with Crippen LogP contribution < -0.4 is 5.32 Å². The van der Waals surface area contributed by atoms with Crippen molar-refractivity contribution in [2.45, 2.75) is 46.1 Å². The molecule has 1 aliphatic rings. The molecule has 1 aliphatic heterocycles. The minimum atomic E-state index is -0.759. The summed E-state index contributed by atoms with van der Waals surface area (Å²) in [6.07, 6.45) is 2.11. The summed E-state index contributed by atoms with van der Waals surface area (Å²) in [5.41, 5.74) is 2.39. The highest BCUT2D eigenvalue weighted by Crippen LogP contribution is 2.19. The van der Waals surface area contributed by atoms with E-state index in [0.717, 1.165) is 12.0 Å². The molecule has 0 saturated carbocycles. The Kier molecular flexibility index (Phi) is 6.23. The van der Waals surface area contributed by atoms with E-state index in [2.05, 4.69) is 43.4 Å². The lowest BCUT2D eigenvalue weighted by Crippen LogP contribution is -2.46. The van der Waals surface area contributed by atoms with E-state index in [1.165, 1.54) is 5.56 Å². The summed E-state index contributed by atoms with van der Waals surface area (Å²) in [5.74, 6) is -0.452. The fourth-order valence-electron chi connectivity index (χ4n) is 3.10. The number of piperidine rings is 1. The van der Waals surface area contributed by atoms with Gasteiger partial charge in [0, 0.05) is 13.1 Å². The number of nitrogens with one attached hydrogen (secondary N) is 1. The Labute approximate surface area is 144 Å². The first-order valence-corrected chi connectivity index (χ1v) is 8.74. The van der Waals surface area contributed by atoms with Gasteiger partial charge >= 0.3 is 12.0 Å². The largest absolute Gasteiger partial charge is 0.481 e. The maximum Gasteiger partial charge on any atom is 0.317 e. The molecule has 1 aromatic carbocycles. The molecular weight excluding hydrogens is 304 g/mol. The number of urea groups is 1. The van der Waals surface area contributed by atoms with E-state index in [9.17, 15) is 9.59 Å². The van der Waals surface area contributed by atoms with Crippen molar-refractivity contribution in [1.82, 2.24) is 10.2 Å². The zero-order chi connectivity index (χ0) is 17.7. The number of benzene rings is 1. The summed E-state index contributed by atoms with van der Waals surface area (Å²) >= 11 is 0. The van der Waals surface area contributed by atoms with Crippen LogP contribution in [0.2, 0.25) is 0 Å². The Balaban J connectivity index is 1.86. The van der Waals surface area contributed by atoms with E-state index in [1.807, 2.05) is 6.92 Å². The maximum absolute atomic E-state index is 12.3. The first-order chi connectivity index (χ1) is 11.4. The lowest BCUT2D eigenvalue weighted by atomic mass is 9.97. The molecule has 1 saturated heterocycles. The number of carbonyl (C=O) groups is 2. The van der Waals surface area contributed by atoms with Crippen molar-refractivity contribution in [1.29, 1.82) is 0 Å². The number of hydrogen-bond acceptors (Lipinski definition) is 2. The summed E-state index contributed by atoms with van der Waals surface area (Å²) in [6.45, 7) is 7.37. The van der Waals surface area contributed by atoms with Crippen LogP contribution in [0.3, 0.4) is 0 Å². The van der Waals surface area contributed by atoms with Crippen LogP contribution in [0.25, 0.3) is 0 Å². The molecule has 2 amide bonds. The van der Waals surface area contributed by atoms with Gasteiger partial charge in [0.05, 0.1) is 12.0 Å². The van der Waals surface area contributed by atoms with Crippen molar-refractivity contribution in [2.75, 3.05) is 13.1 Å². The molecule has 5 nitrogen and oxygen atoms in total. The number of carboxylic acid groups (broad SMARTS) is 1. The zero-order valence-corrected chi connectivity index (χ0v) is 14.8. The fraction of sp³-hybridized carbons (Fsp3) is 0.579. The molecule has 1 unspecified atom stereocenters. The van der Waals surface area contributed by atoms with Gasteiger partial charge in [0.1, 0.15) is 0 Å². The van der Waals surface area contributed by atoms with E-state index in [1.54, 1.807) is 4.90 Å². The van der Waals surface area contributed by atoms with Gasteiger partial charge in [-0.3, -0.25) is 4.79 Å². The number of likely N-dealkylation sites (tertiary alicyclic amines) is 1. The van der Waals surface area contributed by atoms with Crippen LogP contribution >= 0.6 is 0 Å². The van der Waals surface area contributed by atoms with E-state index in [-0.39, 0.29) is 18.0 Å². The van der Waals surface area contributed by atoms with Crippen LogP contribution in [-0.4, -0.2) is 35.1 Å².